The molecule has 0 atom stereocenters. The molecule has 0 aliphatic rings. The van der Waals surface area contributed by atoms with Gasteiger partial charge in [0.1, 0.15) is 11.3 Å². The molecule has 4 aromatic rings. The van der Waals surface area contributed by atoms with Crippen molar-refractivity contribution in [3.63, 3.8) is 0 Å². The number of ether oxygens (including phenoxy) is 1. The molecule has 0 spiro atoms. The van der Waals surface area contributed by atoms with Crippen molar-refractivity contribution in [2.45, 2.75) is 30.7 Å². The molecule has 0 unspecified atom stereocenters. The van der Waals surface area contributed by atoms with Gasteiger partial charge in [-0.3, -0.25) is 0 Å². The number of imidazole rings is 1. The fourth-order valence-electron chi connectivity index (χ4n) is 3.83. The first-order chi connectivity index (χ1) is 15.9. The molecule has 0 amide bonds. The number of nitrogen functional groups attached to an aromatic ring is 1. The lowest BCUT2D eigenvalue weighted by Gasteiger charge is -2.11. The molecule has 0 fully saturated rings. The van der Waals surface area contributed by atoms with Crippen LogP contribution in [0.3, 0.4) is 0 Å². The number of nitrogens with two attached hydrogens (primary N) is 1. The largest absolute Gasteiger partial charge is 0.384 e. The molecular weight excluding hydrogens is 506 g/mol. The fraction of sp³-hybridized carbons (Fsp3) is 0.304. The summed E-state index contributed by atoms with van der Waals surface area (Å²) in [6.07, 6.45) is 2.09. The van der Waals surface area contributed by atoms with Crippen LogP contribution in [-0.4, -0.2) is 43.2 Å². The number of nitrogens with one attached hydrogen (secondary N) is 1. The predicted molar refractivity (Wildman–Crippen MR) is 134 cm³/mol. The lowest BCUT2D eigenvalue weighted by atomic mass is 10.2. The van der Waals surface area contributed by atoms with Crippen molar-refractivity contribution in [3.8, 4) is 0 Å². The molecule has 2 aromatic heterocycles. The zero-order valence-electron chi connectivity index (χ0n) is 18.3. The maximum Gasteiger partial charge on any atom is 0.240 e. The highest BCUT2D eigenvalue weighted by Crippen LogP contribution is 2.29. The average molecular weight is 532 g/mol. The Morgan fingerprint density at radius 1 is 1.09 bits per heavy atom. The summed E-state index contributed by atoms with van der Waals surface area (Å²) in [5.74, 6) is 1.29. The Morgan fingerprint density at radius 3 is 2.61 bits per heavy atom. The Bertz CT molecular complexity index is 1370. The molecule has 0 saturated carbocycles. The summed E-state index contributed by atoms with van der Waals surface area (Å²) < 4.78 is 35.9. The highest BCUT2D eigenvalue weighted by atomic mass is 79.9. The third-order valence-electron chi connectivity index (χ3n) is 5.44. The second-order valence-corrected chi connectivity index (χ2v) is 10.4. The van der Waals surface area contributed by atoms with Crippen LogP contribution in [-0.2, 0) is 27.7 Å². The fourth-order valence-corrected chi connectivity index (χ4v) is 5.17. The molecule has 8 nitrogen and oxygen atoms in total. The molecule has 0 bridgehead atoms. The van der Waals surface area contributed by atoms with Crippen molar-refractivity contribution in [2.24, 2.45) is 0 Å². The Labute approximate surface area is 201 Å². The van der Waals surface area contributed by atoms with E-state index in [0.29, 0.717) is 43.9 Å². The number of rotatable bonds is 10. The second kappa shape index (κ2) is 10.2. The first-order valence-electron chi connectivity index (χ1n) is 10.7. The van der Waals surface area contributed by atoms with Crippen molar-refractivity contribution < 1.29 is 13.2 Å². The van der Waals surface area contributed by atoms with Gasteiger partial charge in [0.2, 0.25) is 10.0 Å². The Balaban J connectivity index is 1.51. The number of anilines is 1. The lowest BCUT2D eigenvalue weighted by Crippen LogP contribution is -2.25. The van der Waals surface area contributed by atoms with Crippen LogP contribution >= 0.6 is 15.9 Å². The standard InChI is InChI=1S/C23H26BrN5O3S/c1-32-15-12-20-28-21-22(18-6-2-3-7-19(18)27-23(21)25)29(20)14-5-4-13-26-33(30,31)17-10-8-16(24)9-11-17/h2-3,6-11,26H,4-5,12-15H2,1H3,(H2,25,27). The van der Waals surface area contributed by atoms with E-state index in [1.165, 1.54) is 0 Å². The monoisotopic (exact) mass is 531 g/mol. The summed E-state index contributed by atoms with van der Waals surface area (Å²) in [6, 6.07) is 14.5. The van der Waals surface area contributed by atoms with Gasteiger partial charge in [0.25, 0.3) is 0 Å². The van der Waals surface area contributed by atoms with Gasteiger partial charge in [-0.2, -0.15) is 0 Å². The van der Waals surface area contributed by atoms with E-state index in [0.717, 1.165) is 33.1 Å². The first kappa shape index (κ1) is 23.6. The van der Waals surface area contributed by atoms with E-state index >= 15 is 0 Å². The van der Waals surface area contributed by atoms with E-state index in [-0.39, 0.29) is 4.90 Å². The molecule has 2 aromatic carbocycles. The normalized spacial score (nSPS) is 12.1. The number of sulfonamides is 1. The van der Waals surface area contributed by atoms with E-state index in [9.17, 15) is 8.42 Å². The van der Waals surface area contributed by atoms with Crippen molar-refractivity contribution in [3.05, 3.63) is 58.8 Å². The zero-order chi connectivity index (χ0) is 23.4. The highest BCUT2D eigenvalue weighted by Gasteiger charge is 2.17. The van der Waals surface area contributed by atoms with Crippen molar-refractivity contribution in [2.75, 3.05) is 26.0 Å². The van der Waals surface area contributed by atoms with E-state index in [4.69, 9.17) is 15.5 Å². The van der Waals surface area contributed by atoms with Gasteiger partial charge >= 0.3 is 0 Å². The number of unbranched alkanes of at least 4 members (excludes halogenated alkanes) is 1. The number of hydrogen-bond acceptors (Lipinski definition) is 6. The number of benzene rings is 2. The maximum absolute atomic E-state index is 12.5. The zero-order valence-corrected chi connectivity index (χ0v) is 20.7. The third-order valence-corrected chi connectivity index (χ3v) is 7.45. The number of halogens is 1. The van der Waals surface area contributed by atoms with Gasteiger partial charge in [-0.1, -0.05) is 34.1 Å². The van der Waals surface area contributed by atoms with Gasteiger partial charge < -0.3 is 15.0 Å². The summed E-state index contributed by atoms with van der Waals surface area (Å²) in [7, 11) is -1.87. The van der Waals surface area contributed by atoms with E-state index in [2.05, 4.69) is 30.2 Å². The van der Waals surface area contributed by atoms with Gasteiger partial charge in [0.15, 0.2) is 5.82 Å². The number of aromatic nitrogens is 3. The number of para-hydroxylation sites is 1. The number of hydrogen-bond donors (Lipinski definition) is 2. The number of fused-ring (bicyclic) bond motifs is 3. The number of nitrogens with zero attached hydrogens (tertiary/aromatic N) is 3. The van der Waals surface area contributed by atoms with Gasteiger partial charge in [-0.15, -0.1) is 0 Å². The van der Waals surface area contributed by atoms with Crippen molar-refractivity contribution in [1.29, 1.82) is 0 Å². The number of methoxy groups -OCH3 is 1. The first-order valence-corrected chi connectivity index (χ1v) is 13.0. The lowest BCUT2D eigenvalue weighted by molar-refractivity contribution is 0.199. The molecule has 0 radical (unpaired) electrons. The molecule has 33 heavy (non-hydrogen) atoms. The second-order valence-electron chi connectivity index (χ2n) is 7.69. The molecule has 0 aliphatic carbocycles. The van der Waals surface area contributed by atoms with Gasteiger partial charge in [0.05, 0.1) is 22.5 Å². The quantitative estimate of drug-likeness (QED) is 0.300. The minimum atomic E-state index is -3.53. The highest BCUT2D eigenvalue weighted by molar-refractivity contribution is 9.10. The third kappa shape index (κ3) is 5.19. The summed E-state index contributed by atoms with van der Waals surface area (Å²) in [5, 5.41) is 0.994. The molecule has 0 aliphatic heterocycles. The van der Waals surface area contributed by atoms with Crippen LogP contribution in [0.25, 0.3) is 21.9 Å². The summed E-state index contributed by atoms with van der Waals surface area (Å²) in [4.78, 5) is 9.52. The Morgan fingerprint density at radius 2 is 1.85 bits per heavy atom. The van der Waals surface area contributed by atoms with Gasteiger partial charge in [-0.25, -0.2) is 23.1 Å². The van der Waals surface area contributed by atoms with Crippen molar-refractivity contribution >= 4 is 53.7 Å². The summed E-state index contributed by atoms with van der Waals surface area (Å²) >= 11 is 3.32. The van der Waals surface area contributed by atoms with E-state index in [1.807, 2.05) is 24.3 Å². The van der Waals surface area contributed by atoms with E-state index in [1.54, 1.807) is 31.4 Å². The predicted octanol–water partition coefficient (Wildman–Crippen LogP) is 3.88. The van der Waals surface area contributed by atoms with Crippen LogP contribution in [0.1, 0.15) is 18.7 Å². The minimum Gasteiger partial charge on any atom is -0.384 e. The number of pyridine rings is 1. The maximum atomic E-state index is 12.5. The molecule has 4 rings (SSSR count). The summed E-state index contributed by atoms with van der Waals surface area (Å²) in [5.41, 5.74) is 8.70. The van der Waals surface area contributed by atoms with Crippen LogP contribution < -0.4 is 10.5 Å². The van der Waals surface area contributed by atoms with E-state index < -0.39 is 10.0 Å². The molecule has 2 heterocycles. The smallest absolute Gasteiger partial charge is 0.240 e. The summed E-state index contributed by atoms with van der Waals surface area (Å²) in [6.45, 7) is 1.58. The van der Waals surface area contributed by atoms with Crippen LogP contribution in [0.5, 0.6) is 0 Å². The van der Waals surface area contributed by atoms with Gasteiger partial charge in [0, 0.05) is 36.5 Å². The van der Waals surface area contributed by atoms with Crippen LogP contribution in [0.15, 0.2) is 57.9 Å². The Hall–Kier alpha value is -2.53. The molecule has 10 heteroatoms. The van der Waals surface area contributed by atoms with Crippen LogP contribution in [0.2, 0.25) is 0 Å². The SMILES string of the molecule is COCCc1nc2c(N)nc3ccccc3c2n1CCCCNS(=O)(=O)c1ccc(Br)cc1. The number of aryl methyl sites for hydroxylation is 1. The molecular formula is C23H26BrN5O3S. The average Bonchev–Trinajstić information content (AvgIpc) is 3.17. The Kier molecular flexibility index (Phi) is 7.28. The van der Waals surface area contributed by atoms with Crippen LogP contribution in [0, 0.1) is 0 Å². The van der Waals surface area contributed by atoms with Crippen LogP contribution in [0.4, 0.5) is 5.82 Å². The van der Waals surface area contributed by atoms with Crippen molar-refractivity contribution in [1.82, 2.24) is 19.3 Å². The van der Waals surface area contributed by atoms with Gasteiger partial charge in [-0.05, 0) is 43.2 Å². The molecule has 0 saturated heterocycles. The minimum absolute atomic E-state index is 0.252. The molecule has 174 valence electrons. The molecule has 3 N–H and O–H groups in total. The topological polar surface area (TPSA) is 112 Å².